The minimum Gasteiger partial charge on any atom is -0.367 e. The van der Waals surface area contributed by atoms with E-state index in [2.05, 4.69) is 5.32 Å². The van der Waals surface area contributed by atoms with Crippen molar-refractivity contribution in [3.05, 3.63) is 0 Å². The lowest BCUT2D eigenvalue weighted by molar-refractivity contribution is -0.126. The minimum absolute atomic E-state index is 0.394. The third-order valence-corrected chi connectivity index (χ3v) is 1.03. The summed E-state index contributed by atoms with van der Waals surface area (Å²) in [5, 5.41) is 2.83. The van der Waals surface area contributed by atoms with Gasteiger partial charge in [0.15, 0.2) is 0 Å². The molecular formula is C4H8N2O2. The Hall–Kier alpha value is -0.610. The van der Waals surface area contributed by atoms with Gasteiger partial charge >= 0.3 is 0 Å². The van der Waals surface area contributed by atoms with Crippen molar-refractivity contribution >= 4 is 5.91 Å². The summed E-state index contributed by atoms with van der Waals surface area (Å²) >= 11 is 0. The van der Waals surface area contributed by atoms with Crippen molar-refractivity contribution in [1.29, 1.82) is 0 Å². The first-order valence-electron chi connectivity index (χ1n) is 2.42. The maximum Gasteiger partial charge on any atom is 0.247 e. The Labute approximate surface area is 47.0 Å². The number of hydrogen-bond acceptors (Lipinski definition) is 3. The van der Waals surface area contributed by atoms with E-state index in [4.69, 9.17) is 10.5 Å². The van der Waals surface area contributed by atoms with Gasteiger partial charge in [0, 0.05) is 6.54 Å². The van der Waals surface area contributed by atoms with Crippen molar-refractivity contribution < 1.29 is 9.53 Å². The van der Waals surface area contributed by atoms with E-state index in [0.717, 1.165) is 0 Å². The highest BCUT2D eigenvalue weighted by Gasteiger charge is 2.19. The summed E-state index contributed by atoms with van der Waals surface area (Å²) in [6, 6.07) is 0. The molecule has 4 nitrogen and oxygen atoms in total. The van der Waals surface area contributed by atoms with E-state index in [1.165, 1.54) is 0 Å². The topological polar surface area (TPSA) is 64.4 Å². The first-order valence-corrected chi connectivity index (χ1v) is 2.42. The molecule has 1 unspecified atom stereocenters. The van der Waals surface area contributed by atoms with Crippen LogP contribution in [0.5, 0.6) is 0 Å². The van der Waals surface area contributed by atoms with Crippen LogP contribution in [0.1, 0.15) is 0 Å². The first kappa shape index (κ1) is 5.53. The van der Waals surface area contributed by atoms with Gasteiger partial charge in [-0.2, -0.15) is 0 Å². The average molecular weight is 116 g/mol. The molecule has 0 aromatic carbocycles. The third kappa shape index (κ3) is 0.962. The Bertz CT molecular complexity index is 98.2. The molecule has 1 rings (SSSR count). The number of primary amides is 1. The predicted octanol–water partition coefficient (Wildman–Crippen LogP) is -1.58. The van der Waals surface area contributed by atoms with E-state index in [0.29, 0.717) is 13.3 Å². The van der Waals surface area contributed by atoms with Crippen LogP contribution in [0.25, 0.3) is 0 Å². The molecule has 1 aliphatic rings. The van der Waals surface area contributed by atoms with E-state index in [1.807, 2.05) is 0 Å². The number of ether oxygens (including phenoxy) is 1. The molecule has 1 saturated heterocycles. The van der Waals surface area contributed by atoms with Crippen LogP contribution in [-0.4, -0.2) is 25.3 Å². The van der Waals surface area contributed by atoms with Crippen LogP contribution in [0.3, 0.4) is 0 Å². The fourth-order valence-corrected chi connectivity index (χ4v) is 0.591. The molecule has 0 aliphatic carbocycles. The molecule has 1 atom stereocenters. The summed E-state index contributed by atoms with van der Waals surface area (Å²) in [6.07, 6.45) is -0.407. The monoisotopic (exact) mass is 116 g/mol. The van der Waals surface area contributed by atoms with Crippen LogP contribution >= 0.6 is 0 Å². The predicted molar refractivity (Wildman–Crippen MR) is 26.9 cm³/mol. The molecule has 1 amide bonds. The largest absolute Gasteiger partial charge is 0.367 e. The van der Waals surface area contributed by atoms with Crippen LogP contribution in [-0.2, 0) is 9.53 Å². The second kappa shape index (κ2) is 2.11. The summed E-state index contributed by atoms with van der Waals surface area (Å²) in [4.78, 5) is 10.3. The molecule has 1 heterocycles. The van der Waals surface area contributed by atoms with Gasteiger partial charge in [0.05, 0.1) is 6.73 Å². The van der Waals surface area contributed by atoms with Gasteiger partial charge in [-0.1, -0.05) is 0 Å². The Balaban J connectivity index is 2.35. The van der Waals surface area contributed by atoms with Crippen molar-refractivity contribution in [2.45, 2.75) is 6.10 Å². The normalized spacial score (nSPS) is 28.2. The van der Waals surface area contributed by atoms with Crippen molar-refractivity contribution in [2.24, 2.45) is 5.73 Å². The Morgan fingerprint density at radius 1 is 1.88 bits per heavy atom. The highest BCUT2D eigenvalue weighted by atomic mass is 16.5. The van der Waals surface area contributed by atoms with E-state index in [9.17, 15) is 4.79 Å². The summed E-state index contributed by atoms with van der Waals surface area (Å²) < 4.78 is 4.83. The van der Waals surface area contributed by atoms with Gasteiger partial charge in [-0.25, -0.2) is 0 Å². The van der Waals surface area contributed by atoms with E-state index < -0.39 is 12.0 Å². The summed E-state index contributed by atoms with van der Waals surface area (Å²) in [7, 11) is 0. The number of carbonyl (C=O) groups excluding carboxylic acids is 1. The molecule has 3 N–H and O–H groups in total. The fraction of sp³-hybridized carbons (Fsp3) is 0.750. The fourth-order valence-electron chi connectivity index (χ4n) is 0.591. The molecule has 8 heavy (non-hydrogen) atoms. The molecule has 0 aromatic rings. The highest BCUT2D eigenvalue weighted by Crippen LogP contribution is 1.93. The second-order valence-corrected chi connectivity index (χ2v) is 1.66. The zero-order chi connectivity index (χ0) is 5.98. The molecule has 1 aliphatic heterocycles. The number of amides is 1. The van der Waals surface area contributed by atoms with E-state index in [-0.39, 0.29) is 0 Å². The van der Waals surface area contributed by atoms with Crippen molar-refractivity contribution in [3.8, 4) is 0 Å². The SMILES string of the molecule is NC(=O)C1CNCO1. The van der Waals surface area contributed by atoms with Crippen LogP contribution in [0.2, 0.25) is 0 Å². The Morgan fingerprint density at radius 2 is 2.62 bits per heavy atom. The van der Waals surface area contributed by atoms with E-state index in [1.54, 1.807) is 0 Å². The third-order valence-electron chi connectivity index (χ3n) is 1.03. The molecule has 46 valence electrons. The molecule has 0 aromatic heterocycles. The smallest absolute Gasteiger partial charge is 0.247 e. The van der Waals surface area contributed by atoms with Gasteiger partial charge in [-0.05, 0) is 0 Å². The van der Waals surface area contributed by atoms with Crippen molar-refractivity contribution in [1.82, 2.24) is 5.32 Å². The standard InChI is InChI=1S/C4H8N2O2/c5-4(7)3-1-6-2-8-3/h3,6H,1-2H2,(H2,5,7). The maximum absolute atomic E-state index is 10.3. The summed E-state index contributed by atoms with van der Waals surface area (Å²) in [6.45, 7) is 0.989. The molecule has 1 fully saturated rings. The molecular weight excluding hydrogens is 108 g/mol. The molecule has 0 bridgehead atoms. The van der Waals surface area contributed by atoms with Crippen LogP contribution in [0, 0.1) is 0 Å². The maximum atomic E-state index is 10.3. The van der Waals surface area contributed by atoms with E-state index >= 15 is 0 Å². The lowest BCUT2D eigenvalue weighted by Gasteiger charge is -1.98. The molecule has 0 radical (unpaired) electrons. The first-order chi connectivity index (χ1) is 3.80. The van der Waals surface area contributed by atoms with Gasteiger partial charge in [-0.15, -0.1) is 0 Å². The van der Waals surface area contributed by atoms with Gasteiger partial charge in [-0.3, -0.25) is 10.1 Å². The summed E-state index contributed by atoms with van der Waals surface area (Å²) in [5.41, 5.74) is 4.89. The van der Waals surface area contributed by atoms with Crippen LogP contribution in [0.15, 0.2) is 0 Å². The molecule has 4 heteroatoms. The average Bonchev–Trinajstić information content (AvgIpc) is 2.12. The van der Waals surface area contributed by atoms with Crippen LogP contribution in [0.4, 0.5) is 0 Å². The highest BCUT2D eigenvalue weighted by molar-refractivity contribution is 5.79. The zero-order valence-corrected chi connectivity index (χ0v) is 4.39. The number of carbonyl (C=O) groups is 1. The Morgan fingerprint density at radius 3 is 2.88 bits per heavy atom. The lowest BCUT2D eigenvalue weighted by Crippen LogP contribution is -2.31. The number of rotatable bonds is 1. The quantitative estimate of drug-likeness (QED) is 0.434. The Kier molecular flexibility index (Phi) is 1.45. The van der Waals surface area contributed by atoms with Gasteiger partial charge in [0.1, 0.15) is 6.10 Å². The minimum atomic E-state index is -0.407. The van der Waals surface area contributed by atoms with Crippen LogP contribution < -0.4 is 11.1 Å². The lowest BCUT2D eigenvalue weighted by atomic mass is 10.3. The van der Waals surface area contributed by atoms with Gasteiger partial charge < -0.3 is 10.5 Å². The summed E-state index contributed by atoms with van der Waals surface area (Å²) in [5.74, 6) is -0.394. The molecule has 0 saturated carbocycles. The van der Waals surface area contributed by atoms with Crippen molar-refractivity contribution in [3.63, 3.8) is 0 Å². The number of nitrogens with two attached hydrogens (primary N) is 1. The van der Waals surface area contributed by atoms with Crippen molar-refractivity contribution in [2.75, 3.05) is 13.3 Å². The van der Waals surface area contributed by atoms with Gasteiger partial charge in [0.2, 0.25) is 5.91 Å². The number of nitrogens with one attached hydrogen (secondary N) is 1. The number of hydrogen-bond donors (Lipinski definition) is 2. The van der Waals surface area contributed by atoms with Gasteiger partial charge in [0.25, 0.3) is 0 Å². The second-order valence-electron chi connectivity index (χ2n) is 1.66. The zero-order valence-electron chi connectivity index (χ0n) is 4.39. The molecule has 0 spiro atoms.